The number of carbonyl (C=O) groups excluding carboxylic acids is 1. The third-order valence-electron chi connectivity index (χ3n) is 4.25. The first-order chi connectivity index (χ1) is 10.6. The van der Waals surface area contributed by atoms with Crippen LogP contribution in [0.4, 0.5) is 5.69 Å². The summed E-state index contributed by atoms with van der Waals surface area (Å²) in [7, 11) is 0. The van der Waals surface area contributed by atoms with E-state index in [0.717, 1.165) is 36.2 Å². The Hall–Kier alpha value is -1.17. The zero-order valence-electron chi connectivity index (χ0n) is 12.5. The molecule has 1 amide bonds. The van der Waals surface area contributed by atoms with Crippen LogP contribution >= 0.6 is 23.4 Å². The molecule has 1 saturated carbocycles. The normalized spacial score (nSPS) is 21.5. The number of benzene rings is 1. The molecule has 0 radical (unpaired) electrons. The van der Waals surface area contributed by atoms with Crippen molar-refractivity contribution in [3.05, 3.63) is 39.9 Å². The second kappa shape index (κ2) is 6.52. The average molecular weight is 338 g/mol. The highest BCUT2D eigenvalue weighted by Crippen LogP contribution is 2.40. The van der Waals surface area contributed by atoms with Gasteiger partial charge in [-0.3, -0.25) is 4.79 Å². The van der Waals surface area contributed by atoms with Crippen LogP contribution in [0.1, 0.15) is 31.7 Å². The number of anilines is 1. The number of allylic oxidation sites excluding steroid dienone is 1. The van der Waals surface area contributed by atoms with Crippen LogP contribution in [0.2, 0.25) is 5.02 Å². The highest BCUT2D eigenvalue weighted by Gasteiger charge is 2.33. The van der Waals surface area contributed by atoms with E-state index in [9.17, 15) is 4.79 Å². The number of para-hydroxylation sites is 1. The van der Waals surface area contributed by atoms with Crippen LogP contribution < -0.4 is 16.0 Å². The van der Waals surface area contributed by atoms with Crippen molar-refractivity contribution in [2.75, 3.05) is 4.90 Å². The molecule has 0 saturated heterocycles. The lowest BCUT2D eigenvalue weighted by atomic mass is 9.85. The van der Waals surface area contributed by atoms with Gasteiger partial charge in [0.25, 0.3) is 0 Å². The Bertz CT molecular complexity index is 615. The number of amides is 1. The first kappa shape index (κ1) is 15.7. The van der Waals surface area contributed by atoms with Crippen LogP contribution in [-0.2, 0) is 11.3 Å². The molecule has 3 rings (SSSR count). The molecule has 0 aromatic heterocycles. The Morgan fingerprint density at radius 1 is 1.50 bits per heavy atom. The molecule has 2 aliphatic rings. The summed E-state index contributed by atoms with van der Waals surface area (Å²) in [6, 6.07) is 5.73. The SMILES string of the molecule is CC1=CSC(NC(=O)C2CCC2)N1c1c(Cl)cccc1CN. The van der Waals surface area contributed by atoms with Crippen molar-refractivity contribution in [2.24, 2.45) is 11.7 Å². The average Bonchev–Trinajstić information content (AvgIpc) is 2.77. The molecule has 1 heterocycles. The van der Waals surface area contributed by atoms with Gasteiger partial charge in [0.15, 0.2) is 5.50 Å². The third kappa shape index (κ3) is 2.85. The molecular weight excluding hydrogens is 318 g/mol. The summed E-state index contributed by atoms with van der Waals surface area (Å²) in [5.74, 6) is 0.307. The second-order valence-corrected chi connectivity index (χ2v) is 7.07. The number of hydrogen-bond acceptors (Lipinski definition) is 4. The van der Waals surface area contributed by atoms with E-state index in [2.05, 4.69) is 15.6 Å². The summed E-state index contributed by atoms with van der Waals surface area (Å²) in [6.45, 7) is 2.43. The number of nitrogens with one attached hydrogen (secondary N) is 1. The quantitative estimate of drug-likeness (QED) is 0.884. The van der Waals surface area contributed by atoms with E-state index >= 15 is 0 Å². The molecule has 1 atom stereocenters. The molecule has 0 spiro atoms. The van der Waals surface area contributed by atoms with Crippen molar-refractivity contribution in [3.8, 4) is 0 Å². The van der Waals surface area contributed by atoms with Crippen LogP contribution in [0, 0.1) is 5.92 Å². The molecule has 1 fully saturated rings. The molecule has 4 nitrogen and oxygen atoms in total. The minimum atomic E-state index is -0.154. The number of hydrogen-bond donors (Lipinski definition) is 2. The van der Waals surface area contributed by atoms with E-state index in [0.29, 0.717) is 11.6 Å². The fourth-order valence-electron chi connectivity index (χ4n) is 2.76. The summed E-state index contributed by atoms with van der Waals surface area (Å²) in [5.41, 5.74) is 8.64. The van der Waals surface area contributed by atoms with E-state index in [4.69, 9.17) is 17.3 Å². The molecule has 1 aromatic carbocycles. The number of carbonyl (C=O) groups is 1. The highest BCUT2D eigenvalue weighted by molar-refractivity contribution is 8.03. The van der Waals surface area contributed by atoms with E-state index in [-0.39, 0.29) is 17.3 Å². The summed E-state index contributed by atoms with van der Waals surface area (Å²) in [4.78, 5) is 14.3. The minimum absolute atomic E-state index is 0.137. The molecule has 0 bridgehead atoms. The van der Waals surface area contributed by atoms with Gasteiger partial charge in [-0.15, -0.1) is 0 Å². The summed E-state index contributed by atoms with van der Waals surface area (Å²) in [5, 5.41) is 5.84. The molecule has 3 N–H and O–H groups in total. The van der Waals surface area contributed by atoms with Crippen molar-refractivity contribution in [1.29, 1.82) is 0 Å². The van der Waals surface area contributed by atoms with Gasteiger partial charge in [0, 0.05) is 18.2 Å². The van der Waals surface area contributed by atoms with Crippen molar-refractivity contribution >= 4 is 35.0 Å². The van der Waals surface area contributed by atoms with E-state index in [1.54, 1.807) is 11.8 Å². The Morgan fingerprint density at radius 3 is 2.91 bits per heavy atom. The lowest BCUT2D eigenvalue weighted by Gasteiger charge is -2.33. The zero-order valence-corrected chi connectivity index (χ0v) is 14.1. The van der Waals surface area contributed by atoms with E-state index < -0.39 is 0 Å². The fourth-order valence-corrected chi connectivity index (χ4v) is 4.06. The first-order valence-electron chi connectivity index (χ1n) is 7.51. The summed E-state index contributed by atoms with van der Waals surface area (Å²) < 4.78 is 0. The molecule has 1 aliphatic carbocycles. The van der Waals surface area contributed by atoms with Crippen LogP contribution in [0.15, 0.2) is 29.3 Å². The molecule has 1 aromatic rings. The molecular formula is C16H20ClN3OS. The van der Waals surface area contributed by atoms with Gasteiger partial charge in [-0.2, -0.15) is 0 Å². The second-order valence-electron chi connectivity index (χ2n) is 5.71. The van der Waals surface area contributed by atoms with Crippen molar-refractivity contribution in [2.45, 2.75) is 38.2 Å². The van der Waals surface area contributed by atoms with Crippen molar-refractivity contribution in [1.82, 2.24) is 5.32 Å². The minimum Gasteiger partial charge on any atom is -0.326 e. The number of rotatable bonds is 4. The fraction of sp³-hybridized carbons (Fsp3) is 0.438. The van der Waals surface area contributed by atoms with E-state index in [1.165, 1.54) is 0 Å². The maximum atomic E-state index is 12.3. The van der Waals surface area contributed by atoms with Gasteiger partial charge in [0.2, 0.25) is 5.91 Å². The Kier molecular flexibility index (Phi) is 4.66. The van der Waals surface area contributed by atoms with Crippen LogP contribution in [-0.4, -0.2) is 11.4 Å². The molecule has 118 valence electrons. The van der Waals surface area contributed by atoms with Crippen molar-refractivity contribution in [3.63, 3.8) is 0 Å². The zero-order chi connectivity index (χ0) is 15.7. The smallest absolute Gasteiger partial charge is 0.225 e. The van der Waals surface area contributed by atoms with Gasteiger partial charge in [0.1, 0.15) is 0 Å². The third-order valence-corrected chi connectivity index (χ3v) is 5.62. The maximum Gasteiger partial charge on any atom is 0.225 e. The lowest BCUT2D eigenvalue weighted by molar-refractivity contribution is -0.127. The van der Waals surface area contributed by atoms with Crippen molar-refractivity contribution < 1.29 is 4.79 Å². The van der Waals surface area contributed by atoms with Gasteiger partial charge < -0.3 is 16.0 Å². The van der Waals surface area contributed by atoms with Crippen LogP contribution in [0.25, 0.3) is 0 Å². The first-order valence-corrected chi connectivity index (χ1v) is 8.83. The molecule has 6 heteroatoms. The maximum absolute atomic E-state index is 12.3. The Labute approximate surface area is 140 Å². The van der Waals surface area contributed by atoms with Gasteiger partial charge in [-0.05, 0) is 36.8 Å². The van der Waals surface area contributed by atoms with Gasteiger partial charge in [-0.25, -0.2) is 0 Å². The van der Waals surface area contributed by atoms with Gasteiger partial charge >= 0.3 is 0 Å². The number of halogens is 1. The Morgan fingerprint density at radius 2 is 2.27 bits per heavy atom. The topological polar surface area (TPSA) is 58.4 Å². The highest BCUT2D eigenvalue weighted by atomic mass is 35.5. The number of nitrogens with zero attached hydrogens (tertiary/aromatic N) is 1. The summed E-state index contributed by atoms with van der Waals surface area (Å²) in [6.07, 6.45) is 3.14. The largest absolute Gasteiger partial charge is 0.326 e. The van der Waals surface area contributed by atoms with Crippen LogP contribution in [0.3, 0.4) is 0 Å². The standard InChI is InChI=1S/C16H20ClN3OS/c1-10-9-22-16(19-15(21)11-4-2-5-11)20(10)14-12(8-18)6-3-7-13(14)17/h3,6-7,9,11,16H,2,4-5,8,18H2,1H3,(H,19,21). The Balaban J connectivity index is 1.86. The molecule has 22 heavy (non-hydrogen) atoms. The lowest BCUT2D eigenvalue weighted by Crippen LogP contribution is -2.46. The predicted molar refractivity (Wildman–Crippen MR) is 92.4 cm³/mol. The molecule has 1 unspecified atom stereocenters. The number of thioether (sulfide) groups is 1. The van der Waals surface area contributed by atoms with Gasteiger partial charge in [0.05, 0.1) is 10.7 Å². The predicted octanol–water partition coefficient (Wildman–Crippen LogP) is 3.41. The molecule has 1 aliphatic heterocycles. The van der Waals surface area contributed by atoms with E-state index in [1.807, 2.05) is 25.1 Å². The van der Waals surface area contributed by atoms with Gasteiger partial charge in [-0.1, -0.05) is 41.9 Å². The number of nitrogens with two attached hydrogens (primary N) is 1. The summed E-state index contributed by atoms with van der Waals surface area (Å²) >= 11 is 8.00. The van der Waals surface area contributed by atoms with Crippen LogP contribution in [0.5, 0.6) is 0 Å². The monoisotopic (exact) mass is 337 g/mol.